The summed E-state index contributed by atoms with van der Waals surface area (Å²) >= 11 is 0. The third kappa shape index (κ3) is 2.42. The molecule has 0 saturated carbocycles. The van der Waals surface area contributed by atoms with Crippen LogP contribution >= 0.6 is 0 Å². The summed E-state index contributed by atoms with van der Waals surface area (Å²) in [5.41, 5.74) is 0.934. The highest BCUT2D eigenvalue weighted by Crippen LogP contribution is 2.12. The summed E-state index contributed by atoms with van der Waals surface area (Å²) < 4.78 is 7.66. The lowest BCUT2D eigenvalue weighted by Crippen LogP contribution is -2.25. The molecule has 90 valence electrons. The Bertz CT molecular complexity index is 455. The van der Waals surface area contributed by atoms with Gasteiger partial charge in [-0.25, -0.2) is 0 Å². The molecule has 0 radical (unpaired) electrons. The standard InChI is InChI=1S/C13H17N3O/c1-2-8-16-11-13(14-12(16)5-1)17-10-9-15-6-3-4-7-15/h1-2,5,8,11H,3-4,6-7,9-10H2. The maximum Gasteiger partial charge on any atom is 0.232 e. The Balaban J connectivity index is 1.57. The van der Waals surface area contributed by atoms with Gasteiger partial charge in [0.2, 0.25) is 5.88 Å². The monoisotopic (exact) mass is 231 g/mol. The second-order valence-corrected chi connectivity index (χ2v) is 4.44. The normalized spacial score (nSPS) is 16.7. The van der Waals surface area contributed by atoms with Gasteiger partial charge in [0.15, 0.2) is 0 Å². The minimum absolute atomic E-state index is 0.718. The summed E-state index contributed by atoms with van der Waals surface area (Å²) in [7, 11) is 0. The second kappa shape index (κ2) is 4.75. The van der Waals surface area contributed by atoms with E-state index in [2.05, 4.69) is 9.88 Å². The van der Waals surface area contributed by atoms with Crippen molar-refractivity contribution >= 4 is 5.65 Å². The van der Waals surface area contributed by atoms with Crippen LogP contribution in [0.1, 0.15) is 12.8 Å². The van der Waals surface area contributed by atoms with Crippen LogP contribution in [0.5, 0.6) is 5.88 Å². The van der Waals surface area contributed by atoms with E-state index in [4.69, 9.17) is 4.74 Å². The molecule has 2 aromatic rings. The molecule has 3 rings (SSSR count). The number of likely N-dealkylation sites (tertiary alicyclic amines) is 1. The Morgan fingerprint density at radius 2 is 2.12 bits per heavy atom. The summed E-state index contributed by atoms with van der Waals surface area (Å²) in [6.07, 6.45) is 6.57. The Hall–Kier alpha value is -1.55. The maximum absolute atomic E-state index is 5.68. The molecule has 0 bridgehead atoms. The average Bonchev–Trinajstić information content (AvgIpc) is 2.96. The summed E-state index contributed by atoms with van der Waals surface area (Å²) in [6.45, 7) is 4.17. The first kappa shape index (κ1) is 10.6. The van der Waals surface area contributed by atoms with Gasteiger partial charge >= 0.3 is 0 Å². The molecule has 0 N–H and O–H groups in total. The first-order chi connectivity index (χ1) is 8.42. The van der Waals surface area contributed by atoms with Gasteiger partial charge in [0, 0.05) is 12.7 Å². The van der Waals surface area contributed by atoms with E-state index in [0.717, 1.165) is 24.7 Å². The lowest BCUT2D eigenvalue weighted by molar-refractivity contribution is 0.233. The minimum Gasteiger partial charge on any atom is -0.475 e. The van der Waals surface area contributed by atoms with Crippen molar-refractivity contribution in [1.82, 2.24) is 14.3 Å². The molecule has 0 amide bonds. The Labute approximate surface area is 101 Å². The van der Waals surface area contributed by atoms with Crippen molar-refractivity contribution in [3.05, 3.63) is 30.6 Å². The van der Waals surface area contributed by atoms with E-state index >= 15 is 0 Å². The van der Waals surface area contributed by atoms with Crippen molar-refractivity contribution in [2.45, 2.75) is 12.8 Å². The van der Waals surface area contributed by atoms with E-state index in [9.17, 15) is 0 Å². The van der Waals surface area contributed by atoms with Crippen molar-refractivity contribution in [1.29, 1.82) is 0 Å². The fourth-order valence-corrected chi connectivity index (χ4v) is 2.27. The van der Waals surface area contributed by atoms with Gasteiger partial charge in [-0.15, -0.1) is 0 Å². The van der Waals surface area contributed by atoms with Gasteiger partial charge in [-0.05, 0) is 38.1 Å². The molecular formula is C13H17N3O. The number of nitrogens with zero attached hydrogens (tertiary/aromatic N) is 3. The van der Waals surface area contributed by atoms with Crippen LogP contribution in [0.4, 0.5) is 0 Å². The lowest BCUT2D eigenvalue weighted by Gasteiger charge is -2.13. The highest BCUT2D eigenvalue weighted by molar-refractivity contribution is 5.40. The van der Waals surface area contributed by atoms with Crippen LogP contribution in [-0.4, -0.2) is 40.5 Å². The maximum atomic E-state index is 5.68. The molecule has 0 spiro atoms. The molecule has 17 heavy (non-hydrogen) atoms. The molecule has 1 aliphatic rings. The van der Waals surface area contributed by atoms with Gasteiger partial charge in [0.25, 0.3) is 0 Å². The van der Waals surface area contributed by atoms with Gasteiger partial charge in [-0.2, -0.15) is 4.98 Å². The highest BCUT2D eigenvalue weighted by atomic mass is 16.5. The Morgan fingerprint density at radius 1 is 1.24 bits per heavy atom. The Kier molecular flexibility index (Phi) is 2.96. The van der Waals surface area contributed by atoms with Crippen molar-refractivity contribution < 1.29 is 4.74 Å². The van der Waals surface area contributed by atoms with Gasteiger partial charge in [-0.1, -0.05) is 6.07 Å². The highest BCUT2D eigenvalue weighted by Gasteiger charge is 2.11. The molecule has 0 unspecified atom stereocenters. The molecule has 4 nitrogen and oxygen atoms in total. The topological polar surface area (TPSA) is 29.8 Å². The number of pyridine rings is 1. The lowest BCUT2D eigenvalue weighted by atomic mass is 10.4. The summed E-state index contributed by atoms with van der Waals surface area (Å²) in [6, 6.07) is 5.95. The van der Waals surface area contributed by atoms with E-state index in [1.54, 1.807) is 0 Å². The zero-order chi connectivity index (χ0) is 11.5. The molecule has 0 aromatic carbocycles. The third-order valence-corrected chi connectivity index (χ3v) is 3.20. The van der Waals surface area contributed by atoms with Gasteiger partial charge in [-0.3, -0.25) is 4.90 Å². The van der Waals surface area contributed by atoms with Crippen molar-refractivity contribution in [3.63, 3.8) is 0 Å². The number of hydrogen-bond acceptors (Lipinski definition) is 3. The first-order valence-corrected chi connectivity index (χ1v) is 6.21. The van der Waals surface area contributed by atoms with E-state index in [1.807, 2.05) is 35.0 Å². The zero-order valence-corrected chi connectivity index (χ0v) is 9.88. The fraction of sp³-hybridized carbons (Fsp3) is 0.462. The molecule has 2 aromatic heterocycles. The van der Waals surface area contributed by atoms with Crippen molar-refractivity contribution in [2.75, 3.05) is 26.2 Å². The van der Waals surface area contributed by atoms with E-state index in [1.165, 1.54) is 25.9 Å². The molecule has 0 atom stereocenters. The van der Waals surface area contributed by atoms with Crippen molar-refractivity contribution in [2.24, 2.45) is 0 Å². The fourth-order valence-electron chi connectivity index (χ4n) is 2.27. The van der Waals surface area contributed by atoms with Crippen molar-refractivity contribution in [3.8, 4) is 5.88 Å². The SMILES string of the molecule is c1ccn2cc(OCCN3CCCC3)nc2c1. The quantitative estimate of drug-likeness (QED) is 0.803. The van der Waals surface area contributed by atoms with E-state index in [0.29, 0.717) is 0 Å². The average molecular weight is 231 g/mol. The van der Waals surface area contributed by atoms with Crippen LogP contribution in [-0.2, 0) is 0 Å². The van der Waals surface area contributed by atoms with Gasteiger partial charge in [0.1, 0.15) is 12.3 Å². The van der Waals surface area contributed by atoms with Crippen LogP contribution < -0.4 is 4.74 Å². The molecule has 0 aliphatic carbocycles. The number of rotatable bonds is 4. The largest absolute Gasteiger partial charge is 0.475 e. The third-order valence-electron chi connectivity index (χ3n) is 3.20. The smallest absolute Gasteiger partial charge is 0.232 e. The number of ether oxygens (including phenoxy) is 1. The predicted molar refractivity (Wildman–Crippen MR) is 66.4 cm³/mol. The summed E-state index contributed by atoms with van der Waals surface area (Å²) in [5.74, 6) is 0.718. The van der Waals surface area contributed by atoms with Gasteiger partial charge in [0.05, 0.1) is 6.20 Å². The molecule has 1 saturated heterocycles. The first-order valence-electron chi connectivity index (χ1n) is 6.21. The minimum atomic E-state index is 0.718. The molecule has 1 fully saturated rings. The predicted octanol–water partition coefficient (Wildman–Crippen LogP) is 1.81. The van der Waals surface area contributed by atoms with E-state index < -0.39 is 0 Å². The molecular weight excluding hydrogens is 214 g/mol. The summed E-state index contributed by atoms with van der Waals surface area (Å²) in [5, 5.41) is 0. The molecule has 4 heteroatoms. The Morgan fingerprint density at radius 3 is 2.94 bits per heavy atom. The zero-order valence-electron chi connectivity index (χ0n) is 9.88. The van der Waals surface area contributed by atoms with E-state index in [-0.39, 0.29) is 0 Å². The number of imidazole rings is 1. The number of hydrogen-bond donors (Lipinski definition) is 0. The second-order valence-electron chi connectivity index (χ2n) is 4.44. The molecule has 3 heterocycles. The molecule has 1 aliphatic heterocycles. The number of aromatic nitrogens is 2. The van der Waals surface area contributed by atoms with Crippen LogP contribution in [0.15, 0.2) is 30.6 Å². The number of fused-ring (bicyclic) bond motifs is 1. The van der Waals surface area contributed by atoms with Crippen LogP contribution in [0.2, 0.25) is 0 Å². The van der Waals surface area contributed by atoms with Crippen LogP contribution in [0.3, 0.4) is 0 Å². The van der Waals surface area contributed by atoms with Crippen LogP contribution in [0.25, 0.3) is 5.65 Å². The summed E-state index contributed by atoms with van der Waals surface area (Å²) in [4.78, 5) is 6.84. The van der Waals surface area contributed by atoms with Gasteiger partial charge < -0.3 is 9.14 Å². The van der Waals surface area contributed by atoms with Crippen LogP contribution in [0, 0.1) is 0 Å².